The number of benzene rings is 1. The van der Waals surface area contributed by atoms with Gasteiger partial charge in [-0.05, 0) is 80.7 Å². The van der Waals surface area contributed by atoms with Crippen molar-refractivity contribution >= 4 is 29.2 Å². The molecule has 1 heterocycles. The van der Waals surface area contributed by atoms with Crippen LogP contribution in [-0.2, 0) is 16.0 Å². The predicted octanol–water partition coefficient (Wildman–Crippen LogP) is 5.96. The number of aryl methyl sites for hydroxylation is 1. The molecule has 0 aromatic heterocycles. The van der Waals surface area contributed by atoms with E-state index in [2.05, 4.69) is 17.9 Å². The molecular formula is C27H37Cl2NO4. The second-order valence-electron chi connectivity index (χ2n) is 10.1. The summed E-state index contributed by atoms with van der Waals surface area (Å²) in [5, 5.41) is 21.2. The number of allylic oxidation sites excluding steroid dienone is 4. The average Bonchev–Trinajstić information content (AvgIpc) is 3.19. The number of nitrogens with zero attached hydrogens (tertiary/aromatic N) is 1. The number of aliphatic hydroxyl groups is 1. The number of carboxylic acids is 1. The number of carboxylic acid groups (broad SMARTS) is 1. The van der Waals surface area contributed by atoms with E-state index in [0.29, 0.717) is 24.0 Å². The summed E-state index contributed by atoms with van der Waals surface area (Å²) in [6, 6.07) is 6.34. The van der Waals surface area contributed by atoms with Crippen molar-refractivity contribution in [2.75, 3.05) is 19.7 Å². The van der Waals surface area contributed by atoms with Crippen LogP contribution in [0.4, 0.5) is 0 Å². The quantitative estimate of drug-likeness (QED) is 0.385. The Kier molecular flexibility index (Phi) is 9.65. The third-order valence-corrected chi connectivity index (χ3v) is 7.90. The van der Waals surface area contributed by atoms with Crippen LogP contribution in [0.3, 0.4) is 0 Å². The third kappa shape index (κ3) is 7.32. The first kappa shape index (κ1) is 27.2. The SMILES string of the molecule is Cc1cccc([C@@H](C)OC[C@H](O)CN2CCC[C@H]2CC2(C)C=CC(Cl)=C(Cl)C2)c1CCC(=O)O. The van der Waals surface area contributed by atoms with Crippen LogP contribution in [0.1, 0.15) is 68.7 Å². The first-order chi connectivity index (χ1) is 16.1. The maximum atomic E-state index is 11.1. The van der Waals surface area contributed by atoms with Crippen molar-refractivity contribution in [3.05, 3.63) is 57.1 Å². The molecule has 34 heavy (non-hydrogen) atoms. The van der Waals surface area contributed by atoms with Gasteiger partial charge in [0.1, 0.15) is 0 Å². The molecule has 0 spiro atoms. The molecule has 1 unspecified atom stereocenters. The fraction of sp³-hybridized carbons (Fsp3) is 0.593. The Hall–Kier alpha value is -1.37. The molecule has 1 aliphatic heterocycles. The molecule has 2 N–H and O–H groups in total. The summed E-state index contributed by atoms with van der Waals surface area (Å²) in [5.74, 6) is -0.808. The summed E-state index contributed by atoms with van der Waals surface area (Å²) in [5.41, 5.74) is 3.05. The van der Waals surface area contributed by atoms with Gasteiger partial charge in [-0.3, -0.25) is 9.69 Å². The van der Waals surface area contributed by atoms with Crippen molar-refractivity contribution in [2.24, 2.45) is 5.41 Å². The van der Waals surface area contributed by atoms with Gasteiger partial charge in [-0.25, -0.2) is 0 Å². The Morgan fingerprint density at radius 3 is 2.82 bits per heavy atom. The normalized spacial score (nSPS) is 25.1. The number of rotatable bonds is 11. The maximum absolute atomic E-state index is 11.1. The smallest absolute Gasteiger partial charge is 0.303 e. The summed E-state index contributed by atoms with van der Waals surface area (Å²) in [7, 11) is 0. The maximum Gasteiger partial charge on any atom is 0.303 e. The molecule has 1 aliphatic carbocycles. The molecule has 2 aliphatic rings. The minimum absolute atomic E-state index is 0.0315. The van der Waals surface area contributed by atoms with Gasteiger partial charge < -0.3 is 14.9 Å². The van der Waals surface area contributed by atoms with Crippen LogP contribution in [0.15, 0.2) is 40.4 Å². The first-order valence-corrected chi connectivity index (χ1v) is 12.9. The summed E-state index contributed by atoms with van der Waals surface area (Å²) >= 11 is 12.5. The lowest BCUT2D eigenvalue weighted by atomic mass is 9.77. The molecule has 3 rings (SSSR count). The number of carbonyl (C=O) groups is 1. The van der Waals surface area contributed by atoms with E-state index in [-0.39, 0.29) is 24.5 Å². The van der Waals surface area contributed by atoms with Gasteiger partial charge in [0.05, 0.1) is 23.8 Å². The van der Waals surface area contributed by atoms with Gasteiger partial charge in [-0.2, -0.15) is 0 Å². The lowest BCUT2D eigenvalue weighted by Gasteiger charge is -2.35. The monoisotopic (exact) mass is 509 g/mol. The van der Waals surface area contributed by atoms with E-state index in [9.17, 15) is 9.90 Å². The number of halogens is 2. The van der Waals surface area contributed by atoms with E-state index in [1.165, 1.54) is 0 Å². The molecule has 7 heteroatoms. The average molecular weight is 511 g/mol. The van der Waals surface area contributed by atoms with E-state index in [1.807, 2.05) is 38.1 Å². The Morgan fingerprint density at radius 1 is 1.35 bits per heavy atom. The van der Waals surface area contributed by atoms with Crippen LogP contribution >= 0.6 is 23.2 Å². The van der Waals surface area contributed by atoms with Crippen LogP contribution in [0.25, 0.3) is 0 Å². The fourth-order valence-corrected chi connectivity index (χ4v) is 5.75. The standard InChI is InChI=1S/C27H37Cl2NO4/c1-18-6-4-8-23(22(18)9-10-26(32)33)19(2)34-17-21(31)16-30-13-5-7-20(30)14-27(3)12-11-24(28)25(29)15-27/h4,6,8,11-12,19-21,31H,5,7,9-10,13-17H2,1-3H3,(H,32,33)/t19-,20+,21-,27?/m1/s1. The largest absolute Gasteiger partial charge is 0.481 e. The zero-order valence-corrected chi connectivity index (χ0v) is 21.9. The molecule has 188 valence electrons. The molecule has 1 aromatic carbocycles. The van der Waals surface area contributed by atoms with Gasteiger partial charge in [0.2, 0.25) is 0 Å². The Labute approximate surface area is 213 Å². The predicted molar refractivity (Wildman–Crippen MR) is 137 cm³/mol. The van der Waals surface area contributed by atoms with Gasteiger partial charge in [0, 0.05) is 24.0 Å². The lowest BCUT2D eigenvalue weighted by molar-refractivity contribution is -0.136. The molecule has 5 nitrogen and oxygen atoms in total. The van der Waals surface area contributed by atoms with E-state index >= 15 is 0 Å². The number of β-amino-alcohol motifs (C(OH)–C–C–N with tert-alkyl or cyclic N) is 1. The highest BCUT2D eigenvalue weighted by atomic mass is 35.5. The number of hydrogen-bond donors (Lipinski definition) is 2. The molecule has 0 radical (unpaired) electrons. The molecule has 1 aromatic rings. The number of likely N-dealkylation sites (tertiary alicyclic amines) is 1. The van der Waals surface area contributed by atoms with E-state index in [1.54, 1.807) is 0 Å². The van der Waals surface area contributed by atoms with Gasteiger partial charge >= 0.3 is 5.97 Å². The zero-order chi connectivity index (χ0) is 24.9. The van der Waals surface area contributed by atoms with Crippen molar-refractivity contribution in [3.63, 3.8) is 0 Å². The second-order valence-corrected chi connectivity index (χ2v) is 10.9. The molecule has 0 amide bonds. The van der Waals surface area contributed by atoms with Crippen molar-refractivity contribution in [3.8, 4) is 0 Å². The number of aliphatic hydroxyl groups excluding tert-OH is 1. The van der Waals surface area contributed by atoms with Crippen molar-refractivity contribution in [1.29, 1.82) is 0 Å². The van der Waals surface area contributed by atoms with E-state index in [0.717, 1.165) is 54.0 Å². The van der Waals surface area contributed by atoms with Gasteiger partial charge in [-0.1, -0.05) is 54.4 Å². The molecule has 0 bridgehead atoms. The highest BCUT2D eigenvalue weighted by Gasteiger charge is 2.35. The molecule has 0 saturated carbocycles. The minimum atomic E-state index is -0.808. The fourth-order valence-electron chi connectivity index (χ4n) is 5.26. The van der Waals surface area contributed by atoms with Crippen molar-refractivity contribution < 1.29 is 19.7 Å². The number of aliphatic carboxylic acids is 1. The summed E-state index contributed by atoms with van der Waals surface area (Å²) in [4.78, 5) is 13.4. The first-order valence-electron chi connectivity index (χ1n) is 12.2. The van der Waals surface area contributed by atoms with Crippen molar-refractivity contribution in [1.82, 2.24) is 4.90 Å². The topological polar surface area (TPSA) is 70.0 Å². The van der Waals surface area contributed by atoms with Crippen LogP contribution in [-0.4, -0.2) is 52.9 Å². The van der Waals surface area contributed by atoms with Crippen LogP contribution in [0.2, 0.25) is 0 Å². The second kappa shape index (κ2) is 12.0. The summed E-state index contributed by atoms with van der Waals surface area (Å²) in [6.45, 7) is 7.95. The minimum Gasteiger partial charge on any atom is -0.481 e. The van der Waals surface area contributed by atoms with Crippen LogP contribution < -0.4 is 0 Å². The molecule has 1 saturated heterocycles. The van der Waals surface area contributed by atoms with E-state index < -0.39 is 12.1 Å². The molecular weight excluding hydrogens is 473 g/mol. The van der Waals surface area contributed by atoms with Crippen LogP contribution in [0.5, 0.6) is 0 Å². The third-order valence-electron chi connectivity index (χ3n) is 7.11. The molecule has 1 fully saturated rings. The Balaban J connectivity index is 1.54. The van der Waals surface area contributed by atoms with Gasteiger partial charge in [0.25, 0.3) is 0 Å². The lowest BCUT2D eigenvalue weighted by Crippen LogP contribution is -2.40. The molecule has 4 atom stereocenters. The number of hydrogen-bond acceptors (Lipinski definition) is 4. The zero-order valence-electron chi connectivity index (χ0n) is 20.4. The highest BCUT2D eigenvalue weighted by Crippen LogP contribution is 2.42. The van der Waals surface area contributed by atoms with Gasteiger partial charge in [-0.15, -0.1) is 0 Å². The Bertz CT molecular complexity index is 931. The Morgan fingerprint density at radius 2 is 2.12 bits per heavy atom. The number of ether oxygens (including phenoxy) is 1. The van der Waals surface area contributed by atoms with Crippen molar-refractivity contribution in [2.45, 2.75) is 77.5 Å². The summed E-state index contributed by atoms with van der Waals surface area (Å²) in [6.07, 6.45) is 7.78. The van der Waals surface area contributed by atoms with Gasteiger partial charge in [0.15, 0.2) is 0 Å². The van der Waals surface area contributed by atoms with E-state index in [4.69, 9.17) is 33.0 Å². The van der Waals surface area contributed by atoms with Crippen LogP contribution in [0, 0.1) is 12.3 Å². The highest BCUT2D eigenvalue weighted by molar-refractivity contribution is 6.40. The summed E-state index contributed by atoms with van der Waals surface area (Å²) < 4.78 is 6.06.